The maximum Gasteiger partial charge on any atom is 0.229 e. The van der Waals surface area contributed by atoms with E-state index in [2.05, 4.69) is 24.0 Å². The summed E-state index contributed by atoms with van der Waals surface area (Å²) in [6, 6.07) is 0.232. The zero-order valence-electron chi connectivity index (χ0n) is 10.9. The normalized spacial score (nSPS) is 21.3. The van der Waals surface area contributed by atoms with Crippen LogP contribution in [0.3, 0.4) is 0 Å². The first kappa shape index (κ1) is 13.4. The Bertz CT molecular complexity index is 427. The smallest absolute Gasteiger partial charge is 0.229 e. The third-order valence-electron chi connectivity index (χ3n) is 3.42. The molecule has 2 rings (SSSR count). The molecule has 0 aromatic carbocycles. The van der Waals surface area contributed by atoms with E-state index in [1.807, 2.05) is 4.90 Å². The van der Waals surface area contributed by atoms with Crippen molar-refractivity contribution in [3.05, 3.63) is 16.5 Å². The first-order chi connectivity index (χ1) is 8.49. The lowest BCUT2D eigenvalue weighted by atomic mass is 10.1. The van der Waals surface area contributed by atoms with Crippen molar-refractivity contribution >= 4 is 17.5 Å². The fourth-order valence-electron chi connectivity index (χ4n) is 2.32. The number of aromatic nitrogens is 1. The highest BCUT2D eigenvalue weighted by Crippen LogP contribution is 2.21. The summed E-state index contributed by atoms with van der Waals surface area (Å²) < 4.78 is 4.86. The second-order valence-electron chi connectivity index (χ2n) is 4.90. The molecule has 1 unspecified atom stereocenters. The number of piperazine rings is 1. The molecule has 0 radical (unpaired) electrons. The van der Waals surface area contributed by atoms with Crippen molar-refractivity contribution in [1.82, 2.24) is 15.0 Å². The Morgan fingerprint density at radius 2 is 2.28 bits per heavy atom. The average molecular weight is 272 g/mol. The van der Waals surface area contributed by atoms with Crippen LogP contribution in [0.5, 0.6) is 0 Å². The van der Waals surface area contributed by atoms with Gasteiger partial charge in [-0.15, -0.1) is 0 Å². The first-order valence-electron chi connectivity index (χ1n) is 6.07. The Balaban J connectivity index is 2.04. The van der Waals surface area contributed by atoms with Crippen LogP contribution in [0.1, 0.15) is 18.2 Å². The lowest BCUT2D eigenvalue weighted by Gasteiger charge is -2.38. The van der Waals surface area contributed by atoms with Gasteiger partial charge < -0.3 is 14.3 Å². The van der Waals surface area contributed by atoms with Gasteiger partial charge in [0.25, 0.3) is 0 Å². The molecule has 1 fully saturated rings. The molecule has 0 saturated carbocycles. The quantitative estimate of drug-likeness (QED) is 0.815. The lowest BCUT2D eigenvalue weighted by Crippen LogP contribution is -2.53. The van der Waals surface area contributed by atoms with Gasteiger partial charge in [0.05, 0.1) is 12.1 Å². The van der Waals surface area contributed by atoms with Crippen LogP contribution in [0.15, 0.2) is 4.52 Å². The number of nitrogens with zero attached hydrogens (tertiary/aromatic N) is 3. The fourth-order valence-corrected chi connectivity index (χ4v) is 2.56. The number of carbonyl (C=O) groups excluding carboxylic acids is 1. The fraction of sp³-hybridized carbons (Fsp3) is 0.667. The molecule has 1 saturated heterocycles. The second-order valence-corrected chi connectivity index (χ2v) is 5.24. The van der Waals surface area contributed by atoms with Crippen molar-refractivity contribution in [1.29, 1.82) is 0 Å². The zero-order chi connectivity index (χ0) is 13.3. The highest BCUT2D eigenvalue weighted by Gasteiger charge is 2.27. The van der Waals surface area contributed by atoms with E-state index >= 15 is 0 Å². The number of halogens is 1. The van der Waals surface area contributed by atoms with Gasteiger partial charge >= 0.3 is 0 Å². The molecule has 2 heterocycles. The minimum absolute atomic E-state index is 0.0869. The summed E-state index contributed by atoms with van der Waals surface area (Å²) >= 11 is 5.88. The summed E-state index contributed by atoms with van der Waals surface area (Å²) in [7, 11) is 2.07. The van der Waals surface area contributed by atoms with E-state index < -0.39 is 0 Å². The van der Waals surface area contributed by atoms with Gasteiger partial charge in [0.15, 0.2) is 0 Å². The van der Waals surface area contributed by atoms with E-state index in [1.165, 1.54) is 0 Å². The first-order valence-corrected chi connectivity index (χ1v) is 6.45. The standard InChI is InChI=1S/C12H18ClN3O2/c1-8-7-15(3)4-5-16(8)11(17)6-10-9(2)14-18-12(10)13/h8H,4-7H2,1-3H3. The van der Waals surface area contributed by atoms with Crippen molar-refractivity contribution in [3.8, 4) is 0 Å². The molecular weight excluding hydrogens is 254 g/mol. The van der Waals surface area contributed by atoms with Crippen LogP contribution in [0.4, 0.5) is 0 Å². The summed E-state index contributed by atoms with van der Waals surface area (Å²) in [4.78, 5) is 16.4. The van der Waals surface area contributed by atoms with Crippen LogP contribution < -0.4 is 0 Å². The van der Waals surface area contributed by atoms with Crippen LogP contribution in [-0.4, -0.2) is 53.6 Å². The Kier molecular flexibility index (Phi) is 3.92. The average Bonchev–Trinajstić information content (AvgIpc) is 2.60. The van der Waals surface area contributed by atoms with Crippen LogP contribution in [0.2, 0.25) is 5.22 Å². The molecule has 100 valence electrons. The minimum Gasteiger partial charge on any atom is -0.344 e. The van der Waals surface area contributed by atoms with Gasteiger partial charge in [-0.1, -0.05) is 5.16 Å². The number of hydrogen-bond donors (Lipinski definition) is 0. The number of amides is 1. The third kappa shape index (κ3) is 2.67. The Morgan fingerprint density at radius 3 is 2.83 bits per heavy atom. The van der Waals surface area contributed by atoms with E-state index in [0.29, 0.717) is 11.3 Å². The van der Waals surface area contributed by atoms with E-state index in [0.717, 1.165) is 19.6 Å². The minimum atomic E-state index is 0.0869. The molecule has 5 nitrogen and oxygen atoms in total. The zero-order valence-corrected chi connectivity index (χ0v) is 11.7. The van der Waals surface area contributed by atoms with E-state index in [9.17, 15) is 4.79 Å². The van der Waals surface area contributed by atoms with Gasteiger partial charge in [-0.05, 0) is 32.5 Å². The number of hydrogen-bond acceptors (Lipinski definition) is 4. The highest BCUT2D eigenvalue weighted by atomic mass is 35.5. The summed E-state index contributed by atoms with van der Waals surface area (Å²) in [5.41, 5.74) is 1.39. The van der Waals surface area contributed by atoms with E-state index in [4.69, 9.17) is 16.1 Å². The van der Waals surface area contributed by atoms with Gasteiger partial charge in [0.2, 0.25) is 11.1 Å². The van der Waals surface area contributed by atoms with Gasteiger partial charge in [0.1, 0.15) is 0 Å². The second kappa shape index (κ2) is 5.28. The van der Waals surface area contributed by atoms with Gasteiger partial charge in [-0.25, -0.2) is 0 Å². The molecule has 1 aromatic rings. The monoisotopic (exact) mass is 271 g/mol. The topological polar surface area (TPSA) is 49.6 Å². The van der Waals surface area contributed by atoms with Crippen molar-refractivity contribution in [2.75, 3.05) is 26.7 Å². The molecular formula is C12H18ClN3O2. The SMILES string of the molecule is Cc1noc(Cl)c1CC(=O)N1CCN(C)CC1C. The molecule has 0 bridgehead atoms. The molecule has 0 spiro atoms. The van der Waals surface area contributed by atoms with Crippen molar-refractivity contribution in [2.24, 2.45) is 0 Å². The van der Waals surface area contributed by atoms with Gasteiger partial charge in [-0.3, -0.25) is 4.79 Å². The number of likely N-dealkylation sites (N-methyl/N-ethyl adjacent to an activating group) is 1. The van der Waals surface area contributed by atoms with Gasteiger partial charge in [-0.2, -0.15) is 0 Å². The molecule has 1 atom stereocenters. The highest BCUT2D eigenvalue weighted by molar-refractivity contribution is 6.29. The molecule has 0 aliphatic carbocycles. The van der Waals surface area contributed by atoms with Crippen molar-refractivity contribution in [3.63, 3.8) is 0 Å². The number of rotatable bonds is 2. The van der Waals surface area contributed by atoms with Gasteiger partial charge in [0, 0.05) is 31.2 Å². The molecule has 6 heteroatoms. The molecule has 18 heavy (non-hydrogen) atoms. The summed E-state index contributed by atoms with van der Waals surface area (Å²) in [6.07, 6.45) is 0.266. The molecule has 1 aromatic heterocycles. The van der Waals surface area contributed by atoms with Crippen LogP contribution >= 0.6 is 11.6 Å². The molecule has 1 aliphatic heterocycles. The molecule has 0 N–H and O–H groups in total. The third-order valence-corrected chi connectivity index (χ3v) is 3.71. The van der Waals surface area contributed by atoms with Crippen LogP contribution in [0, 0.1) is 6.92 Å². The predicted octanol–water partition coefficient (Wildman–Crippen LogP) is 1.34. The Hall–Kier alpha value is -1.07. The van der Waals surface area contributed by atoms with Crippen molar-refractivity contribution < 1.29 is 9.32 Å². The summed E-state index contributed by atoms with van der Waals surface area (Å²) in [6.45, 7) is 6.44. The summed E-state index contributed by atoms with van der Waals surface area (Å²) in [5.74, 6) is 0.0869. The Morgan fingerprint density at radius 1 is 1.56 bits per heavy atom. The van der Waals surface area contributed by atoms with E-state index in [1.54, 1.807) is 6.92 Å². The van der Waals surface area contributed by atoms with E-state index in [-0.39, 0.29) is 23.6 Å². The maximum absolute atomic E-state index is 12.3. The largest absolute Gasteiger partial charge is 0.344 e. The molecule has 1 amide bonds. The lowest BCUT2D eigenvalue weighted by molar-refractivity contribution is -0.134. The predicted molar refractivity (Wildman–Crippen MR) is 68.6 cm³/mol. The number of aryl methyl sites for hydroxylation is 1. The Labute approximate surface area is 112 Å². The van der Waals surface area contributed by atoms with Crippen LogP contribution in [-0.2, 0) is 11.2 Å². The maximum atomic E-state index is 12.3. The summed E-state index contributed by atoms with van der Waals surface area (Å²) in [5, 5.41) is 3.98. The molecule has 1 aliphatic rings. The van der Waals surface area contributed by atoms with Crippen molar-refractivity contribution in [2.45, 2.75) is 26.3 Å². The number of carbonyl (C=O) groups is 1. The van der Waals surface area contributed by atoms with Crippen LogP contribution in [0.25, 0.3) is 0 Å².